The lowest BCUT2D eigenvalue weighted by molar-refractivity contribution is 0.0360. The van der Waals surface area contributed by atoms with Gasteiger partial charge in [0.1, 0.15) is 0 Å². The Labute approximate surface area is 77.6 Å². The highest BCUT2D eigenvalue weighted by molar-refractivity contribution is 5.84. The Morgan fingerprint density at radius 1 is 1.46 bits per heavy atom. The Bertz CT molecular complexity index is 163. The van der Waals surface area contributed by atoms with Crippen molar-refractivity contribution in [1.82, 2.24) is 0 Å². The van der Waals surface area contributed by atoms with Crippen molar-refractivity contribution in [3.05, 3.63) is 0 Å². The summed E-state index contributed by atoms with van der Waals surface area (Å²) in [5, 5.41) is 11.7. The van der Waals surface area contributed by atoms with Crippen LogP contribution in [0.2, 0.25) is 0 Å². The molecule has 0 unspecified atom stereocenters. The van der Waals surface area contributed by atoms with E-state index in [0.29, 0.717) is 13.0 Å². The number of halogens is 1. The highest BCUT2D eigenvalue weighted by Gasteiger charge is 2.17. The number of ether oxygens (including phenoxy) is 1. The van der Waals surface area contributed by atoms with E-state index in [0.717, 1.165) is 31.4 Å². The average molecular weight is 189 g/mol. The van der Waals surface area contributed by atoms with Crippen LogP contribution in [0.15, 0.2) is 5.16 Å². The molecule has 1 aliphatic carbocycles. The summed E-state index contributed by atoms with van der Waals surface area (Å²) in [6.45, 7) is 0.197. The van der Waals surface area contributed by atoms with Crippen molar-refractivity contribution < 1.29 is 14.3 Å². The second kappa shape index (κ2) is 5.91. The van der Waals surface area contributed by atoms with Crippen LogP contribution in [0.4, 0.5) is 4.39 Å². The molecule has 0 amide bonds. The first-order chi connectivity index (χ1) is 6.36. The summed E-state index contributed by atoms with van der Waals surface area (Å²) in [4.78, 5) is 0. The summed E-state index contributed by atoms with van der Waals surface area (Å²) in [7, 11) is 0. The molecule has 0 atom stereocenters. The average Bonchev–Trinajstić information content (AvgIpc) is 2.19. The fourth-order valence-electron chi connectivity index (χ4n) is 1.50. The molecule has 0 aromatic carbocycles. The number of hydrogen-bond acceptors (Lipinski definition) is 3. The number of hydrogen-bond donors (Lipinski definition) is 1. The minimum absolute atomic E-state index is 0.233. The SMILES string of the molecule is ON=C1CCC(OCCCF)CC1. The van der Waals surface area contributed by atoms with Crippen molar-refractivity contribution in [2.75, 3.05) is 13.3 Å². The zero-order valence-electron chi connectivity index (χ0n) is 7.71. The van der Waals surface area contributed by atoms with E-state index in [-0.39, 0.29) is 12.8 Å². The maximum atomic E-state index is 11.7. The highest BCUT2D eigenvalue weighted by Crippen LogP contribution is 2.18. The van der Waals surface area contributed by atoms with E-state index in [9.17, 15) is 4.39 Å². The molecule has 0 aliphatic heterocycles. The molecular formula is C9H16FNO2. The number of oxime groups is 1. The van der Waals surface area contributed by atoms with E-state index in [1.807, 2.05) is 0 Å². The van der Waals surface area contributed by atoms with Gasteiger partial charge >= 0.3 is 0 Å². The van der Waals surface area contributed by atoms with Crippen molar-refractivity contribution in [2.24, 2.45) is 5.16 Å². The Morgan fingerprint density at radius 2 is 2.15 bits per heavy atom. The molecule has 0 bridgehead atoms. The van der Waals surface area contributed by atoms with Gasteiger partial charge < -0.3 is 9.94 Å². The topological polar surface area (TPSA) is 41.8 Å². The minimum Gasteiger partial charge on any atom is -0.411 e. The fourth-order valence-corrected chi connectivity index (χ4v) is 1.50. The Morgan fingerprint density at radius 3 is 2.69 bits per heavy atom. The second-order valence-corrected chi connectivity index (χ2v) is 3.28. The molecule has 1 fully saturated rings. The lowest BCUT2D eigenvalue weighted by Gasteiger charge is -2.22. The molecule has 1 aliphatic rings. The Balaban J connectivity index is 2.10. The van der Waals surface area contributed by atoms with Gasteiger partial charge in [0.2, 0.25) is 0 Å². The molecule has 4 heteroatoms. The van der Waals surface area contributed by atoms with Gasteiger partial charge in [0, 0.05) is 6.61 Å². The van der Waals surface area contributed by atoms with Gasteiger partial charge in [-0.15, -0.1) is 0 Å². The number of nitrogens with zero attached hydrogens (tertiary/aromatic N) is 1. The normalized spacial score (nSPS) is 23.2. The van der Waals surface area contributed by atoms with Crippen LogP contribution in [0.3, 0.4) is 0 Å². The largest absolute Gasteiger partial charge is 0.411 e. The number of alkyl halides is 1. The van der Waals surface area contributed by atoms with E-state index in [1.54, 1.807) is 0 Å². The first-order valence-electron chi connectivity index (χ1n) is 4.74. The molecule has 0 saturated heterocycles. The van der Waals surface area contributed by atoms with Crippen LogP contribution in [0.5, 0.6) is 0 Å². The van der Waals surface area contributed by atoms with Crippen molar-refractivity contribution in [2.45, 2.75) is 38.2 Å². The van der Waals surface area contributed by atoms with Crippen LogP contribution in [-0.2, 0) is 4.74 Å². The van der Waals surface area contributed by atoms with Gasteiger partial charge in [-0.25, -0.2) is 0 Å². The van der Waals surface area contributed by atoms with Crippen molar-refractivity contribution in [3.63, 3.8) is 0 Å². The monoisotopic (exact) mass is 189 g/mol. The van der Waals surface area contributed by atoms with E-state index in [4.69, 9.17) is 9.94 Å². The van der Waals surface area contributed by atoms with E-state index in [2.05, 4.69) is 5.16 Å². The van der Waals surface area contributed by atoms with E-state index in [1.165, 1.54) is 0 Å². The van der Waals surface area contributed by atoms with Crippen LogP contribution in [0.25, 0.3) is 0 Å². The first kappa shape index (κ1) is 10.4. The Hall–Kier alpha value is -0.640. The first-order valence-corrected chi connectivity index (χ1v) is 4.74. The fraction of sp³-hybridized carbons (Fsp3) is 0.889. The van der Waals surface area contributed by atoms with Crippen LogP contribution in [0, 0.1) is 0 Å². The van der Waals surface area contributed by atoms with Gasteiger partial charge in [0.05, 0.1) is 18.5 Å². The third-order valence-corrected chi connectivity index (χ3v) is 2.28. The summed E-state index contributed by atoms with van der Waals surface area (Å²) in [6.07, 6.45) is 4.11. The molecule has 1 N–H and O–H groups in total. The van der Waals surface area contributed by atoms with Crippen LogP contribution in [-0.4, -0.2) is 30.3 Å². The molecule has 0 spiro atoms. The molecule has 76 valence electrons. The maximum Gasteiger partial charge on any atom is 0.0916 e. The van der Waals surface area contributed by atoms with Crippen molar-refractivity contribution in [1.29, 1.82) is 0 Å². The number of rotatable bonds is 4. The molecule has 13 heavy (non-hydrogen) atoms. The lowest BCUT2D eigenvalue weighted by atomic mass is 9.96. The van der Waals surface area contributed by atoms with Crippen LogP contribution in [0.1, 0.15) is 32.1 Å². The zero-order chi connectivity index (χ0) is 9.52. The smallest absolute Gasteiger partial charge is 0.0916 e. The second-order valence-electron chi connectivity index (χ2n) is 3.28. The summed E-state index contributed by atoms with van der Waals surface area (Å²) >= 11 is 0. The summed E-state index contributed by atoms with van der Waals surface area (Å²) < 4.78 is 17.2. The summed E-state index contributed by atoms with van der Waals surface area (Å²) in [5.74, 6) is 0. The molecule has 0 radical (unpaired) electrons. The van der Waals surface area contributed by atoms with Gasteiger partial charge in [-0.05, 0) is 32.1 Å². The molecule has 0 aromatic rings. The zero-order valence-corrected chi connectivity index (χ0v) is 7.71. The van der Waals surface area contributed by atoms with Crippen LogP contribution < -0.4 is 0 Å². The van der Waals surface area contributed by atoms with E-state index < -0.39 is 0 Å². The maximum absolute atomic E-state index is 11.7. The van der Waals surface area contributed by atoms with Crippen molar-refractivity contribution >= 4 is 5.71 Å². The van der Waals surface area contributed by atoms with E-state index >= 15 is 0 Å². The van der Waals surface area contributed by atoms with Gasteiger partial charge in [-0.2, -0.15) is 0 Å². The van der Waals surface area contributed by atoms with Crippen molar-refractivity contribution in [3.8, 4) is 0 Å². The summed E-state index contributed by atoms with van der Waals surface area (Å²) in [5.41, 5.74) is 0.852. The third-order valence-electron chi connectivity index (χ3n) is 2.28. The quantitative estimate of drug-likeness (QED) is 0.418. The van der Waals surface area contributed by atoms with Gasteiger partial charge in [0.15, 0.2) is 0 Å². The predicted octanol–water partition coefficient (Wildman–Crippen LogP) is 2.14. The van der Waals surface area contributed by atoms with Gasteiger partial charge in [-0.3, -0.25) is 4.39 Å². The van der Waals surface area contributed by atoms with Crippen LogP contribution >= 0.6 is 0 Å². The molecule has 0 aromatic heterocycles. The lowest BCUT2D eigenvalue weighted by Crippen LogP contribution is -2.22. The molecule has 3 nitrogen and oxygen atoms in total. The standard InChI is InChI=1S/C9H16FNO2/c10-6-1-7-13-9-4-2-8(11-12)3-5-9/h9,12H,1-7H2. The molecule has 1 saturated carbocycles. The van der Waals surface area contributed by atoms with Gasteiger partial charge in [0.25, 0.3) is 0 Å². The summed E-state index contributed by atoms with van der Waals surface area (Å²) in [6, 6.07) is 0. The highest BCUT2D eigenvalue weighted by atomic mass is 19.1. The Kier molecular flexibility index (Phi) is 4.75. The predicted molar refractivity (Wildman–Crippen MR) is 48.0 cm³/mol. The molecule has 0 heterocycles. The van der Waals surface area contributed by atoms with Gasteiger partial charge in [-0.1, -0.05) is 5.16 Å². The molecular weight excluding hydrogens is 173 g/mol. The minimum atomic E-state index is -0.309. The molecule has 1 rings (SSSR count). The third kappa shape index (κ3) is 3.72.